The summed E-state index contributed by atoms with van der Waals surface area (Å²) in [5.74, 6) is 0.674. The lowest BCUT2D eigenvalue weighted by atomic mass is 10.1. The highest BCUT2D eigenvalue weighted by molar-refractivity contribution is 5.93. The molecule has 90 valence electrons. The van der Waals surface area contributed by atoms with Crippen LogP contribution in [0.2, 0.25) is 0 Å². The van der Waals surface area contributed by atoms with Crippen LogP contribution in [0, 0.1) is 5.92 Å². The van der Waals surface area contributed by atoms with Crippen molar-refractivity contribution in [3.8, 4) is 5.75 Å². The fourth-order valence-electron chi connectivity index (χ4n) is 1.86. The van der Waals surface area contributed by atoms with Crippen LogP contribution in [0.1, 0.15) is 12.8 Å². The maximum atomic E-state index is 11.9. The van der Waals surface area contributed by atoms with Crippen molar-refractivity contribution in [2.45, 2.75) is 12.8 Å². The lowest BCUT2D eigenvalue weighted by molar-refractivity contribution is -0.119. The Bertz CT molecular complexity index is 447. The van der Waals surface area contributed by atoms with Crippen molar-refractivity contribution >= 4 is 17.3 Å². The van der Waals surface area contributed by atoms with E-state index in [1.807, 2.05) is 12.2 Å². The van der Waals surface area contributed by atoms with E-state index in [1.54, 1.807) is 25.3 Å². The number of nitrogens with one attached hydrogen (secondary N) is 1. The minimum Gasteiger partial charge on any atom is -0.495 e. The number of ether oxygens (including phenoxy) is 1. The Morgan fingerprint density at radius 2 is 2.12 bits per heavy atom. The van der Waals surface area contributed by atoms with Crippen LogP contribution < -0.4 is 15.8 Å². The quantitative estimate of drug-likeness (QED) is 0.620. The van der Waals surface area contributed by atoms with Crippen LogP contribution in [-0.2, 0) is 4.79 Å². The van der Waals surface area contributed by atoms with Gasteiger partial charge in [0.15, 0.2) is 0 Å². The number of allylic oxidation sites excluding steroid dienone is 2. The number of nitrogens with two attached hydrogens (primary N) is 1. The second-order valence-corrected chi connectivity index (χ2v) is 4.09. The van der Waals surface area contributed by atoms with Crippen LogP contribution in [0.15, 0.2) is 30.4 Å². The van der Waals surface area contributed by atoms with Crippen LogP contribution in [0.4, 0.5) is 11.4 Å². The summed E-state index contributed by atoms with van der Waals surface area (Å²) < 4.78 is 5.10. The third kappa shape index (κ3) is 2.58. The van der Waals surface area contributed by atoms with Crippen LogP contribution in [0.3, 0.4) is 0 Å². The van der Waals surface area contributed by atoms with E-state index in [1.165, 1.54) is 0 Å². The second-order valence-electron chi connectivity index (χ2n) is 4.09. The molecule has 1 aliphatic carbocycles. The van der Waals surface area contributed by atoms with Crippen molar-refractivity contribution in [1.29, 1.82) is 0 Å². The second kappa shape index (κ2) is 4.91. The molecule has 0 atom stereocenters. The number of hydrogen-bond acceptors (Lipinski definition) is 3. The average molecular weight is 232 g/mol. The van der Waals surface area contributed by atoms with Crippen LogP contribution in [0.25, 0.3) is 0 Å². The van der Waals surface area contributed by atoms with E-state index < -0.39 is 0 Å². The molecule has 0 aliphatic heterocycles. The summed E-state index contributed by atoms with van der Waals surface area (Å²) in [6.07, 6.45) is 5.71. The van der Waals surface area contributed by atoms with Gasteiger partial charge >= 0.3 is 0 Å². The van der Waals surface area contributed by atoms with Gasteiger partial charge < -0.3 is 15.8 Å². The first-order valence-electron chi connectivity index (χ1n) is 5.60. The Kier molecular flexibility index (Phi) is 3.32. The van der Waals surface area contributed by atoms with Gasteiger partial charge in [0.05, 0.1) is 12.8 Å². The highest BCUT2D eigenvalue weighted by Gasteiger charge is 2.19. The zero-order valence-corrected chi connectivity index (χ0v) is 9.77. The molecule has 0 saturated heterocycles. The largest absolute Gasteiger partial charge is 0.495 e. The van der Waals surface area contributed by atoms with Crippen LogP contribution in [-0.4, -0.2) is 13.0 Å². The first-order chi connectivity index (χ1) is 8.20. The van der Waals surface area contributed by atoms with Gasteiger partial charge in [0.2, 0.25) is 5.91 Å². The standard InChI is InChI=1S/C13H16N2O2/c1-17-12-8-10(6-7-11(12)14)15-13(16)9-4-2-3-5-9/h2-3,6-9H,4-5,14H2,1H3,(H,15,16). The summed E-state index contributed by atoms with van der Waals surface area (Å²) in [5.41, 5.74) is 6.98. The van der Waals surface area contributed by atoms with Crippen molar-refractivity contribution in [2.75, 3.05) is 18.2 Å². The Morgan fingerprint density at radius 3 is 2.76 bits per heavy atom. The molecule has 0 saturated carbocycles. The normalized spacial score (nSPS) is 14.9. The molecule has 0 radical (unpaired) electrons. The molecule has 17 heavy (non-hydrogen) atoms. The molecule has 4 heteroatoms. The van der Waals surface area contributed by atoms with Gasteiger partial charge in [-0.25, -0.2) is 0 Å². The minimum atomic E-state index is 0.0434. The summed E-state index contributed by atoms with van der Waals surface area (Å²) in [4.78, 5) is 11.9. The Morgan fingerprint density at radius 1 is 1.41 bits per heavy atom. The zero-order valence-electron chi connectivity index (χ0n) is 9.77. The van der Waals surface area contributed by atoms with E-state index in [0.717, 1.165) is 12.8 Å². The fraction of sp³-hybridized carbons (Fsp3) is 0.308. The van der Waals surface area contributed by atoms with Gasteiger partial charge in [0.25, 0.3) is 0 Å². The molecule has 4 nitrogen and oxygen atoms in total. The number of hydrogen-bond donors (Lipinski definition) is 2. The van der Waals surface area contributed by atoms with Gasteiger partial charge in [-0.1, -0.05) is 12.2 Å². The predicted molar refractivity (Wildman–Crippen MR) is 67.9 cm³/mol. The van der Waals surface area contributed by atoms with E-state index in [-0.39, 0.29) is 11.8 Å². The summed E-state index contributed by atoms with van der Waals surface area (Å²) in [6.45, 7) is 0. The van der Waals surface area contributed by atoms with Crippen molar-refractivity contribution in [2.24, 2.45) is 5.92 Å². The number of carbonyl (C=O) groups is 1. The number of amides is 1. The lowest BCUT2D eigenvalue weighted by Gasteiger charge is -2.12. The molecule has 2 rings (SSSR count). The smallest absolute Gasteiger partial charge is 0.228 e. The summed E-state index contributed by atoms with van der Waals surface area (Å²) >= 11 is 0. The third-order valence-electron chi connectivity index (χ3n) is 2.88. The molecule has 0 heterocycles. The third-order valence-corrected chi connectivity index (χ3v) is 2.88. The number of anilines is 2. The number of carbonyl (C=O) groups excluding carboxylic acids is 1. The minimum absolute atomic E-state index is 0.0434. The number of nitrogen functional groups attached to an aromatic ring is 1. The monoisotopic (exact) mass is 232 g/mol. The summed E-state index contributed by atoms with van der Waals surface area (Å²) in [5, 5.41) is 2.87. The molecule has 1 aliphatic rings. The van der Waals surface area contributed by atoms with E-state index in [9.17, 15) is 4.79 Å². The summed E-state index contributed by atoms with van der Waals surface area (Å²) in [6, 6.07) is 5.23. The van der Waals surface area contributed by atoms with E-state index in [2.05, 4.69) is 5.32 Å². The Balaban J connectivity index is 2.05. The molecule has 0 fully saturated rings. The van der Waals surface area contributed by atoms with E-state index >= 15 is 0 Å². The molecular formula is C13H16N2O2. The molecule has 0 bridgehead atoms. The molecular weight excluding hydrogens is 216 g/mol. The molecule has 1 aromatic carbocycles. The fourth-order valence-corrected chi connectivity index (χ4v) is 1.86. The molecule has 0 unspecified atom stereocenters. The topological polar surface area (TPSA) is 64.3 Å². The maximum Gasteiger partial charge on any atom is 0.228 e. The maximum absolute atomic E-state index is 11.9. The van der Waals surface area contributed by atoms with Gasteiger partial charge in [0.1, 0.15) is 5.75 Å². The highest BCUT2D eigenvalue weighted by Crippen LogP contribution is 2.26. The van der Waals surface area contributed by atoms with Gasteiger partial charge in [-0.15, -0.1) is 0 Å². The van der Waals surface area contributed by atoms with E-state index in [0.29, 0.717) is 17.1 Å². The lowest BCUT2D eigenvalue weighted by Crippen LogP contribution is -2.20. The number of rotatable bonds is 3. The van der Waals surface area contributed by atoms with Gasteiger partial charge in [-0.2, -0.15) is 0 Å². The molecule has 0 aromatic heterocycles. The first kappa shape index (κ1) is 11.5. The molecule has 3 N–H and O–H groups in total. The zero-order chi connectivity index (χ0) is 12.3. The Labute approximate surface area is 100 Å². The summed E-state index contributed by atoms with van der Waals surface area (Å²) in [7, 11) is 1.55. The van der Waals surface area contributed by atoms with Crippen molar-refractivity contribution in [3.05, 3.63) is 30.4 Å². The molecule has 1 aromatic rings. The highest BCUT2D eigenvalue weighted by atomic mass is 16.5. The van der Waals surface area contributed by atoms with Gasteiger partial charge in [0, 0.05) is 17.7 Å². The van der Waals surface area contributed by atoms with Gasteiger partial charge in [-0.05, 0) is 25.0 Å². The van der Waals surface area contributed by atoms with Crippen LogP contribution >= 0.6 is 0 Å². The van der Waals surface area contributed by atoms with Crippen molar-refractivity contribution in [3.63, 3.8) is 0 Å². The van der Waals surface area contributed by atoms with E-state index in [4.69, 9.17) is 10.5 Å². The van der Waals surface area contributed by atoms with Crippen molar-refractivity contribution in [1.82, 2.24) is 0 Å². The molecule has 0 spiro atoms. The molecule has 1 amide bonds. The average Bonchev–Trinajstić information content (AvgIpc) is 2.85. The predicted octanol–water partition coefficient (Wildman–Crippen LogP) is 2.18. The Hall–Kier alpha value is -1.97. The number of benzene rings is 1. The SMILES string of the molecule is COc1cc(NC(=O)C2CC=CC2)ccc1N. The number of methoxy groups -OCH3 is 1. The van der Waals surface area contributed by atoms with Crippen molar-refractivity contribution < 1.29 is 9.53 Å². The first-order valence-corrected chi connectivity index (χ1v) is 5.60. The van der Waals surface area contributed by atoms with Crippen LogP contribution in [0.5, 0.6) is 5.75 Å². The van der Waals surface area contributed by atoms with Gasteiger partial charge in [-0.3, -0.25) is 4.79 Å².